The Morgan fingerprint density at radius 1 is 1.35 bits per heavy atom. The van der Waals surface area contributed by atoms with Crippen LogP contribution in [0.4, 0.5) is 10.3 Å². The highest BCUT2D eigenvalue weighted by molar-refractivity contribution is 9.10. The summed E-state index contributed by atoms with van der Waals surface area (Å²) in [7, 11) is 0. The van der Waals surface area contributed by atoms with Crippen LogP contribution in [0.25, 0.3) is 11.0 Å². The number of fused-ring (bicyclic) bond motifs is 3. The van der Waals surface area contributed by atoms with Gasteiger partial charge >= 0.3 is 0 Å². The fourth-order valence-electron chi connectivity index (χ4n) is 4.17. The van der Waals surface area contributed by atoms with E-state index in [0.29, 0.717) is 16.3 Å². The number of benzene rings is 1. The second-order valence-corrected chi connectivity index (χ2v) is 7.12. The van der Waals surface area contributed by atoms with E-state index in [9.17, 15) is 4.39 Å². The molecule has 1 heterocycles. The summed E-state index contributed by atoms with van der Waals surface area (Å²) in [6.45, 7) is 0.880. The summed E-state index contributed by atoms with van der Waals surface area (Å²) in [5.41, 5.74) is 7.62. The minimum Gasteiger partial charge on any atom is -0.369 e. The molecule has 3 unspecified atom stereocenters. The van der Waals surface area contributed by atoms with Crippen LogP contribution in [0.2, 0.25) is 0 Å². The van der Waals surface area contributed by atoms with Crippen molar-refractivity contribution in [3.8, 4) is 0 Å². The Morgan fingerprint density at radius 2 is 2.20 bits per heavy atom. The average molecular weight is 338 g/mol. The minimum absolute atomic E-state index is 0.258. The van der Waals surface area contributed by atoms with Crippen molar-refractivity contribution in [3.05, 3.63) is 22.4 Å². The highest BCUT2D eigenvalue weighted by atomic mass is 79.9. The Morgan fingerprint density at radius 3 is 2.90 bits per heavy atom. The lowest BCUT2D eigenvalue weighted by Gasteiger charge is -2.22. The van der Waals surface area contributed by atoms with E-state index in [1.54, 1.807) is 6.07 Å². The molecular formula is C15H17BrFN3. The topological polar surface area (TPSA) is 43.8 Å². The molecular weight excluding hydrogens is 321 g/mol. The predicted molar refractivity (Wildman–Crippen MR) is 80.7 cm³/mol. The lowest BCUT2D eigenvalue weighted by Crippen LogP contribution is -2.18. The molecule has 2 bridgehead atoms. The summed E-state index contributed by atoms with van der Waals surface area (Å²) in [5.74, 6) is 2.66. The molecule has 4 rings (SSSR count). The summed E-state index contributed by atoms with van der Waals surface area (Å²) < 4.78 is 16.2. The maximum atomic E-state index is 13.8. The van der Waals surface area contributed by atoms with Crippen LogP contribution in [0.1, 0.15) is 25.7 Å². The zero-order valence-electron chi connectivity index (χ0n) is 11.1. The molecule has 0 aliphatic heterocycles. The van der Waals surface area contributed by atoms with Gasteiger partial charge in [-0.15, -0.1) is 0 Å². The monoisotopic (exact) mass is 337 g/mol. The van der Waals surface area contributed by atoms with Crippen molar-refractivity contribution in [1.29, 1.82) is 0 Å². The third kappa shape index (κ3) is 1.86. The Balaban J connectivity index is 1.72. The standard InChI is InChI=1S/C15H17BrFN3/c16-11-5-13-14(6-12(11)17)20(15(18)19-13)7-10-4-8-1-2-9(10)3-8/h5-6,8-10H,1-4,7H2,(H2,18,19). The second-order valence-electron chi connectivity index (χ2n) is 6.27. The number of hydrogen-bond acceptors (Lipinski definition) is 2. The van der Waals surface area contributed by atoms with Gasteiger partial charge in [0.25, 0.3) is 0 Å². The van der Waals surface area contributed by atoms with Crippen LogP contribution in [-0.2, 0) is 6.54 Å². The quantitative estimate of drug-likeness (QED) is 0.901. The highest BCUT2D eigenvalue weighted by Crippen LogP contribution is 2.49. The van der Waals surface area contributed by atoms with Gasteiger partial charge in [-0.3, -0.25) is 0 Å². The Labute approximate surface area is 125 Å². The lowest BCUT2D eigenvalue weighted by molar-refractivity contribution is 0.300. The van der Waals surface area contributed by atoms with Crippen molar-refractivity contribution in [2.75, 3.05) is 5.73 Å². The van der Waals surface area contributed by atoms with Gasteiger partial charge in [0, 0.05) is 12.6 Å². The van der Waals surface area contributed by atoms with Gasteiger partial charge in [0.05, 0.1) is 15.5 Å². The number of halogens is 2. The molecule has 0 radical (unpaired) electrons. The molecule has 1 aromatic carbocycles. The Bertz CT molecular complexity index is 681. The SMILES string of the molecule is Nc1nc2cc(Br)c(F)cc2n1CC1CC2CCC1C2. The van der Waals surface area contributed by atoms with Gasteiger partial charge in [-0.05, 0) is 59.0 Å². The zero-order chi connectivity index (χ0) is 13.9. The van der Waals surface area contributed by atoms with E-state index in [0.717, 1.165) is 29.4 Å². The maximum absolute atomic E-state index is 13.8. The van der Waals surface area contributed by atoms with Crippen molar-refractivity contribution in [3.63, 3.8) is 0 Å². The van der Waals surface area contributed by atoms with Crippen molar-refractivity contribution < 1.29 is 4.39 Å². The van der Waals surface area contributed by atoms with Crippen LogP contribution in [0.5, 0.6) is 0 Å². The van der Waals surface area contributed by atoms with Gasteiger partial charge in [0.1, 0.15) is 5.82 Å². The van der Waals surface area contributed by atoms with E-state index >= 15 is 0 Å². The first-order chi connectivity index (χ1) is 9.61. The minimum atomic E-state index is -0.258. The smallest absolute Gasteiger partial charge is 0.201 e. The van der Waals surface area contributed by atoms with Gasteiger partial charge < -0.3 is 10.3 Å². The van der Waals surface area contributed by atoms with E-state index < -0.39 is 0 Å². The van der Waals surface area contributed by atoms with Crippen LogP contribution in [0, 0.1) is 23.6 Å². The fraction of sp³-hybridized carbons (Fsp3) is 0.533. The van der Waals surface area contributed by atoms with Crippen LogP contribution >= 0.6 is 15.9 Å². The van der Waals surface area contributed by atoms with Crippen molar-refractivity contribution in [2.45, 2.75) is 32.2 Å². The number of hydrogen-bond donors (Lipinski definition) is 1. The predicted octanol–water partition coefficient (Wildman–Crippen LogP) is 3.96. The van der Waals surface area contributed by atoms with Crippen LogP contribution in [0.3, 0.4) is 0 Å². The molecule has 2 N–H and O–H groups in total. The van der Waals surface area contributed by atoms with Gasteiger partial charge in [-0.2, -0.15) is 0 Å². The number of nitrogens with zero attached hydrogens (tertiary/aromatic N) is 2. The first kappa shape index (κ1) is 12.6. The first-order valence-corrected chi connectivity index (χ1v) is 8.02. The van der Waals surface area contributed by atoms with Crippen LogP contribution in [-0.4, -0.2) is 9.55 Å². The average Bonchev–Trinajstić information content (AvgIpc) is 3.08. The van der Waals surface area contributed by atoms with Gasteiger partial charge in [-0.25, -0.2) is 9.37 Å². The lowest BCUT2D eigenvalue weighted by atomic mass is 9.89. The third-order valence-electron chi connectivity index (χ3n) is 5.12. The summed E-state index contributed by atoms with van der Waals surface area (Å²) in [6, 6.07) is 3.24. The normalized spacial score (nSPS) is 28.6. The Kier molecular flexibility index (Phi) is 2.81. The summed E-state index contributed by atoms with van der Waals surface area (Å²) in [5, 5.41) is 0. The molecule has 2 aliphatic rings. The van der Waals surface area contributed by atoms with E-state index in [1.165, 1.54) is 31.7 Å². The maximum Gasteiger partial charge on any atom is 0.201 e. The molecule has 2 aliphatic carbocycles. The molecule has 1 aromatic heterocycles. The molecule has 106 valence electrons. The molecule has 3 atom stereocenters. The summed E-state index contributed by atoms with van der Waals surface area (Å²) >= 11 is 3.20. The van der Waals surface area contributed by atoms with Gasteiger partial charge in [-0.1, -0.05) is 6.42 Å². The largest absolute Gasteiger partial charge is 0.369 e. The molecule has 3 nitrogen and oxygen atoms in total. The molecule has 20 heavy (non-hydrogen) atoms. The van der Waals surface area contributed by atoms with Crippen LogP contribution in [0.15, 0.2) is 16.6 Å². The number of aromatic nitrogens is 2. The third-order valence-corrected chi connectivity index (χ3v) is 5.73. The zero-order valence-corrected chi connectivity index (χ0v) is 12.7. The van der Waals surface area contributed by atoms with Gasteiger partial charge in [0.2, 0.25) is 5.95 Å². The number of rotatable bonds is 2. The molecule has 2 fully saturated rings. The molecule has 0 amide bonds. The Hall–Kier alpha value is -1.10. The van der Waals surface area contributed by atoms with E-state index in [4.69, 9.17) is 5.73 Å². The molecule has 2 aromatic rings. The molecule has 0 spiro atoms. The highest BCUT2D eigenvalue weighted by Gasteiger charge is 2.39. The number of anilines is 1. The van der Waals surface area contributed by atoms with E-state index in [1.807, 2.05) is 4.57 Å². The van der Waals surface area contributed by atoms with E-state index in [-0.39, 0.29) is 5.82 Å². The fourth-order valence-corrected chi connectivity index (χ4v) is 4.50. The molecule has 2 saturated carbocycles. The van der Waals surface area contributed by atoms with Crippen LogP contribution < -0.4 is 5.73 Å². The summed E-state index contributed by atoms with van der Waals surface area (Å²) in [4.78, 5) is 4.36. The molecule has 5 heteroatoms. The van der Waals surface area contributed by atoms with Crippen molar-refractivity contribution in [2.24, 2.45) is 17.8 Å². The number of nitrogen functional groups attached to an aromatic ring is 1. The van der Waals surface area contributed by atoms with Crippen molar-refractivity contribution in [1.82, 2.24) is 9.55 Å². The first-order valence-electron chi connectivity index (χ1n) is 7.22. The second kappa shape index (κ2) is 4.45. The number of imidazole rings is 1. The molecule has 0 saturated heterocycles. The van der Waals surface area contributed by atoms with Gasteiger partial charge in [0.15, 0.2) is 0 Å². The summed E-state index contributed by atoms with van der Waals surface area (Å²) in [6.07, 6.45) is 5.41. The number of nitrogens with two attached hydrogens (primary N) is 1. The van der Waals surface area contributed by atoms with Crippen molar-refractivity contribution >= 4 is 32.9 Å². The van der Waals surface area contributed by atoms with E-state index in [2.05, 4.69) is 20.9 Å².